The molecule has 0 aromatic rings. The van der Waals surface area contributed by atoms with E-state index in [9.17, 15) is 4.79 Å². The summed E-state index contributed by atoms with van der Waals surface area (Å²) in [7, 11) is 0. The first kappa shape index (κ1) is 16.2. The fraction of sp³-hybridized carbons (Fsp3) is 0.800. The van der Waals surface area contributed by atoms with E-state index >= 15 is 0 Å². The SMILES string of the molecule is CC(C)=CCCC(C)CCC(C(=O)O)C(C)C. The monoisotopic (exact) mass is 240 g/mol. The van der Waals surface area contributed by atoms with Gasteiger partial charge in [-0.3, -0.25) is 4.79 Å². The molecule has 0 rings (SSSR count). The first-order valence-electron chi connectivity index (χ1n) is 6.70. The van der Waals surface area contributed by atoms with Crippen LogP contribution >= 0.6 is 0 Å². The van der Waals surface area contributed by atoms with Gasteiger partial charge in [-0.2, -0.15) is 0 Å². The molecule has 0 aliphatic carbocycles. The van der Waals surface area contributed by atoms with Crippen LogP contribution in [0.1, 0.15) is 60.3 Å². The highest BCUT2D eigenvalue weighted by molar-refractivity contribution is 5.70. The molecule has 17 heavy (non-hydrogen) atoms. The van der Waals surface area contributed by atoms with Crippen molar-refractivity contribution in [3.63, 3.8) is 0 Å². The second-order valence-corrected chi connectivity index (χ2v) is 5.73. The number of aliphatic carboxylic acids is 1. The van der Waals surface area contributed by atoms with Crippen LogP contribution in [0.2, 0.25) is 0 Å². The van der Waals surface area contributed by atoms with Crippen LogP contribution in [-0.4, -0.2) is 11.1 Å². The van der Waals surface area contributed by atoms with Crippen LogP contribution in [0, 0.1) is 17.8 Å². The second kappa shape index (κ2) is 8.32. The molecule has 0 aromatic heterocycles. The van der Waals surface area contributed by atoms with E-state index < -0.39 is 5.97 Å². The molecule has 0 aliphatic rings. The summed E-state index contributed by atoms with van der Waals surface area (Å²) in [5.41, 5.74) is 1.36. The molecular formula is C15H28O2. The minimum Gasteiger partial charge on any atom is -0.481 e. The van der Waals surface area contributed by atoms with Crippen LogP contribution in [-0.2, 0) is 4.79 Å². The van der Waals surface area contributed by atoms with Crippen LogP contribution in [0.4, 0.5) is 0 Å². The van der Waals surface area contributed by atoms with E-state index in [0.717, 1.165) is 25.7 Å². The fourth-order valence-corrected chi connectivity index (χ4v) is 2.01. The molecular weight excluding hydrogens is 212 g/mol. The summed E-state index contributed by atoms with van der Waals surface area (Å²) in [6.45, 7) is 10.4. The van der Waals surface area contributed by atoms with E-state index in [-0.39, 0.29) is 11.8 Å². The van der Waals surface area contributed by atoms with Crippen molar-refractivity contribution in [1.82, 2.24) is 0 Å². The molecule has 0 spiro atoms. The fourth-order valence-electron chi connectivity index (χ4n) is 2.01. The lowest BCUT2D eigenvalue weighted by Gasteiger charge is -2.18. The van der Waals surface area contributed by atoms with Crippen LogP contribution in [0.3, 0.4) is 0 Å². The van der Waals surface area contributed by atoms with Gasteiger partial charge in [0, 0.05) is 0 Å². The van der Waals surface area contributed by atoms with E-state index in [4.69, 9.17) is 5.11 Å². The summed E-state index contributed by atoms with van der Waals surface area (Å²) in [6.07, 6.45) is 6.36. The summed E-state index contributed by atoms with van der Waals surface area (Å²) in [5, 5.41) is 9.10. The molecule has 2 atom stereocenters. The first-order valence-corrected chi connectivity index (χ1v) is 6.70. The molecule has 0 saturated heterocycles. The maximum atomic E-state index is 11.0. The Morgan fingerprint density at radius 3 is 2.12 bits per heavy atom. The summed E-state index contributed by atoms with van der Waals surface area (Å²) in [6, 6.07) is 0. The topological polar surface area (TPSA) is 37.3 Å². The molecule has 0 saturated carbocycles. The normalized spacial score (nSPS) is 14.5. The van der Waals surface area contributed by atoms with Crippen molar-refractivity contribution >= 4 is 5.97 Å². The first-order chi connectivity index (χ1) is 7.84. The minimum absolute atomic E-state index is 0.180. The van der Waals surface area contributed by atoms with Gasteiger partial charge in [-0.15, -0.1) is 0 Å². The van der Waals surface area contributed by atoms with E-state index in [1.807, 2.05) is 13.8 Å². The standard InChI is InChI=1S/C15H28O2/c1-11(2)7-6-8-13(5)9-10-14(12(3)4)15(16)17/h7,12-14H,6,8-10H2,1-5H3,(H,16,17). The van der Waals surface area contributed by atoms with Crippen molar-refractivity contribution in [2.24, 2.45) is 17.8 Å². The Kier molecular flexibility index (Phi) is 7.94. The van der Waals surface area contributed by atoms with Gasteiger partial charge in [0.15, 0.2) is 0 Å². The van der Waals surface area contributed by atoms with Crippen molar-refractivity contribution in [2.75, 3.05) is 0 Å². The van der Waals surface area contributed by atoms with Crippen LogP contribution in [0.25, 0.3) is 0 Å². The molecule has 2 heteroatoms. The number of carbonyl (C=O) groups is 1. The van der Waals surface area contributed by atoms with E-state index in [1.54, 1.807) is 0 Å². The predicted molar refractivity (Wildman–Crippen MR) is 73.0 cm³/mol. The summed E-state index contributed by atoms with van der Waals surface area (Å²) >= 11 is 0. The zero-order valence-corrected chi connectivity index (χ0v) is 12.0. The minimum atomic E-state index is -0.642. The smallest absolute Gasteiger partial charge is 0.306 e. The lowest BCUT2D eigenvalue weighted by molar-refractivity contribution is -0.143. The van der Waals surface area contributed by atoms with Crippen molar-refractivity contribution < 1.29 is 9.90 Å². The van der Waals surface area contributed by atoms with Gasteiger partial charge in [0.05, 0.1) is 5.92 Å². The van der Waals surface area contributed by atoms with Gasteiger partial charge in [0.1, 0.15) is 0 Å². The second-order valence-electron chi connectivity index (χ2n) is 5.73. The third-order valence-electron chi connectivity index (χ3n) is 3.30. The van der Waals surface area contributed by atoms with Gasteiger partial charge >= 0.3 is 5.97 Å². The molecule has 1 N–H and O–H groups in total. The van der Waals surface area contributed by atoms with Gasteiger partial charge in [-0.25, -0.2) is 0 Å². The Morgan fingerprint density at radius 1 is 1.12 bits per heavy atom. The summed E-state index contributed by atoms with van der Waals surface area (Å²) in [5.74, 6) is 0.0288. The predicted octanol–water partition coefficient (Wildman–Crippen LogP) is 4.51. The average molecular weight is 240 g/mol. The molecule has 100 valence electrons. The van der Waals surface area contributed by atoms with Crippen LogP contribution in [0.5, 0.6) is 0 Å². The Labute approximate surface area is 106 Å². The number of allylic oxidation sites excluding steroid dienone is 2. The molecule has 0 aliphatic heterocycles. The largest absolute Gasteiger partial charge is 0.481 e. The van der Waals surface area contributed by atoms with Gasteiger partial charge in [-0.1, -0.05) is 32.4 Å². The summed E-state index contributed by atoms with van der Waals surface area (Å²) < 4.78 is 0. The number of rotatable bonds is 8. The molecule has 2 unspecified atom stereocenters. The number of hydrogen-bond donors (Lipinski definition) is 1. The Balaban J connectivity index is 3.92. The molecule has 0 amide bonds. The van der Waals surface area contributed by atoms with Crippen molar-refractivity contribution in [2.45, 2.75) is 60.3 Å². The zero-order valence-electron chi connectivity index (χ0n) is 12.0. The molecule has 0 aromatic carbocycles. The average Bonchev–Trinajstić information content (AvgIpc) is 2.15. The van der Waals surface area contributed by atoms with Crippen molar-refractivity contribution in [3.8, 4) is 0 Å². The van der Waals surface area contributed by atoms with Crippen molar-refractivity contribution in [1.29, 1.82) is 0 Å². The number of carboxylic acid groups (broad SMARTS) is 1. The molecule has 2 nitrogen and oxygen atoms in total. The van der Waals surface area contributed by atoms with Gasteiger partial charge in [-0.05, 0) is 51.4 Å². The van der Waals surface area contributed by atoms with E-state index in [0.29, 0.717) is 5.92 Å². The highest BCUT2D eigenvalue weighted by Gasteiger charge is 2.21. The number of carboxylic acids is 1. The Bertz CT molecular complexity index is 250. The third kappa shape index (κ3) is 8.00. The van der Waals surface area contributed by atoms with Gasteiger partial charge in [0.25, 0.3) is 0 Å². The van der Waals surface area contributed by atoms with Crippen molar-refractivity contribution in [3.05, 3.63) is 11.6 Å². The van der Waals surface area contributed by atoms with Crippen LogP contribution in [0.15, 0.2) is 11.6 Å². The highest BCUT2D eigenvalue weighted by Crippen LogP contribution is 2.22. The van der Waals surface area contributed by atoms with E-state index in [1.165, 1.54) is 5.57 Å². The maximum absolute atomic E-state index is 11.0. The third-order valence-corrected chi connectivity index (χ3v) is 3.30. The molecule has 0 radical (unpaired) electrons. The summed E-state index contributed by atoms with van der Waals surface area (Å²) in [4.78, 5) is 11.0. The lowest BCUT2D eigenvalue weighted by atomic mass is 9.87. The number of hydrogen-bond acceptors (Lipinski definition) is 1. The highest BCUT2D eigenvalue weighted by atomic mass is 16.4. The van der Waals surface area contributed by atoms with Gasteiger partial charge in [0.2, 0.25) is 0 Å². The molecule has 0 bridgehead atoms. The van der Waals surface area contributed by atoms with Crippen LogP contribution < -0.4 is 0 Å². The molecule has 0 heterocycles. The van der Waals surface area contributed by atoms with Gasteiger partial charge < -0.3 is 5.11 Å². The zero-order chi connectivity index (χ0) is 13.4. The maximum Gasteiger partial charge on any atom is 0.306 e. The Hall–Kier alpha value is -0.790. The Morgan fingerprint density at radius 2 is 1.71 bits per heavy atom. The molecule has 0 fully saturated rings. The lowest BCUT2D eigenvalue weighted by Crippen LogP contribution is -2.20. The van der Waals surface area contributed by atoms with E-state index in [2.05, 4.69) is 26.8 Å². The quantitative estimate of drug-likeness (QED) is 0.634.